The molecule has 0 saturated carbocycles. The number of halogens is 1. The average Bonchev–Trinajstić information content (AvgIpc) is 2.82. The highest BCUT2D eigenvalue weighted by Gasteiger charge is 2.35. The van der Waals surface area contributed by atoms with Gasteiger partial charge in [0.15, 0.2) is 5.11 Å². The normalized spacial score (nSPS) is 14.7. The van der Waals surface area contributed by atoms with Gasteiger partial charge in [0.1, 0.15) is 17.9 Å². The smallest absolute Gasteiger partial charge is 0.270 e. The lowest BCUT2D eigenvalue weighted by Crippen LogP contribution is -2.54. The topological polar surface area (TPSA) is 82.4 Å². The second-order valence-electron chi connectivity index (χ2n) is 7.52. The van der Waals surface area contributed by atoms with Crippen LogP contribution in [0.3, 0.4) is 0 Å². The first-order chi connectivity index (χ1) is 16.4. The number of carbonyl (C=O) groups is 2. The van der Waals surface area contributed by atoms with Gasteiger partial charge in [0, 0.05) is 10.0 Å². The minimum Gasteiger partial charge on any atom is -0.489 e. The Bertz CT molecular complexity index is 1380. The number of aryl methyl sites for hydroxylation is 1. The fourth-order valence-corrected chi connectivity index (χ4v) is 4.24. The zero-order valence-electron chi connectivity index (χ0n) is 18.0. The van der Waals surface area contributed by atoms with Gasteiger partial charge in [-0.3, -0.25) is 19.8 Å². The van der Waals surface area contributed by atoms with Crippen LogP contribution in [0, 0.1) is 18.3 Å². The summed E-state index contributed by atoms with van der Waals surface area (Å²) < 4.78 is 6.66. The minimum atomic E-state index is -0.547. The van der Waals surface area contributed by atoms with E-state index in [0.29, 0.717) is 22.6 Å². The van der Waals surface area contributed by atoms with Gasteiger partial charge in [-0.1, -0.05) is 46.3 Å². The molecular formula is C26H18BrN3O3S. The summed E-state index contributed by atoms with van der Waals surface area (Å²) in [6.45, 7) is 2.12. The van der Waals surface area contributed by atoms with Gasteiger partial charge in [0.25, 0.3) is 11.8 Å². The van der Waals surface area contributed by atoms with Gasteiger partial charge in [0.05, 0.1) is 17.3 Å². The standard InChI is InChI=1S/C26H18BrN3O3S/c1-16-12-20(27)8-11-23(16)30-25(32)22(24(31)29-26(30)34)13-17-6-9-21(10-7-17)33-15-19-5-3-2-4-18(19)14-28/h2-13H,15H2,1H3,(H,29,31,34)/b22-13+. The quantitative estimate of drug-likeness (QED) is 0.283. The molecule has 2 amide bonds. The highest BCUT2D eigenvalue weighted by molar-refractivity contribution is 9.10. The summed E-state index contributed by atoms with van der Waals surface area (Å²) in [5.41, 5.74) is 3.43. The molecule has 3 aromatic carbocycles. The lowest BCUT2D eigenvalue weighted by molar-refractivity contribution is -0.122. The molecule has 0 atom stereocenters. The number of amides is 2. The van der Waals surface area contributed by atoms with Gasteiger partial charge >= 0.3 is 0 Å². The number of ether oxygens (including phenoxy) is 1. The largest absolute Gasteiger partial charge is 0.489 e. The van der Waals surface area contributed by atoms with Crippen LogP contribution in [0.5, 0.6) is 5.75 Å². The van der Waals surface area contributed by atoms with Crippen LogP contribution in [0.1, 0.15) is 22.3 Å². The lowest BCUT2D eigenvalue weighted by Gasteiger charge is -2.30. The summed E-state index contributed by atoms with van der Waals surface area (Å²) in [5.74, 6) is -0.440. The average molecular weight is 532 g/mol. The Kier molecular flexibility index (Phi) is 6.87. The van der Waals surface area contributed by atoms with Crippen molar-refractivity contribution in [2.24, 2.45) is 0 Å². The maximum absolute atomic E-state index is 13.2. The zero-order chi connectivity index (χ0) is 24.2. The van der Waals surface area contributed by atoms with E-state index in [1.165, 1.54) is 11.0 Å². The molecule has 0 unspecified atom stereocenters. The van der Waals surface area contributed by atoms with Crippen LogP contribution >= 0.6 is 28.1 Å². The van der Waals surface area contributed by atoms with Gasteiger partial charge in [-0.25, -0.2) is 0 Å². The van der Waals surface area contributed by atoms with Gasteiger partial charge in [0.2, 0.25) is 0 Å². The summed E-state index contributed by atoms with van der Waals surface area (Å²) in [5, 5.41) is 11.8. The molecule has 4 rings (SSSR count). The number of nitrogens with zero attached hydrogens (tertiary/aromatic N) is 2. The Morgan fingerprint density at radius 1 is 1.12 bits per heavy atom. The van der Waals surface area contributed by atoms with Crippen molar-refractivity contribution in [3.8, 4) is 11.8 Å². The Labute approximate surface area is 210 Å². The van der Waals surface area contributed by atoms with Crippen molar-refractivity contribution >= 4 is 56.8 Å². The van der Waals surface area contributed by atoms with Crippen LogP contribution in [0.15, 0.2) is 76.8 Å². The number of benzene rings is 3. The maximum Gasteiger partial charge on any atom is 0.270 e. The Morgan fingerprint density at radius 3 is 2.56 bits per heavy atom. The van der Waals surface area contributed by atoms with Crippen molar-refractivity contribution in [1.29, 1.82) is 5.26 Å². The van der Waals surface area contributed by atoms with Crippen LogP contribution in [0.4, 0.5) is 5.69 Å². The third-order valence-electron chi connectivity index (χ3n) is 5.22. The zero-order valence-corrected chi connectivity index (χ0v) is 20.4. The molecule has 34 heavy (non-hydrogen) atoms. The van der Waals surface area contributed by atoms with Crippen molar-refractivity contribution in [2.75, 3.05) is 4.90 Å². The predicted molar refractivity (Wildman–Crippen MR) is 137 cm³/mol. The fourth-order valence-electron chi connectivity index (χ4n) is 3.49. The first-order valence-electron chi connectivity index (χ1n) is 10.3. The van der Waals surface area contributed by atoms with E-state index in [0.717, 1.165) is 15.6 Å². The molecule has 3 aromatic rings. The molecule has 1 N–H and O–H groups in total. The highest BCUT2D eigenvalue weighted by atomic mass is 79.9. The molecule has 6 nitrogen and oxygen atoms in total. The number of rotatable bonds is 5. The molecule has 8 heteroatoms. The Morgan fingerprint density at radius 2 is 1.85 bits per heavy atom. The number of thiocarbonyl (C=S) groups is 1. The van der Waals surface area contributed by atoms with Crippen LogP contribution in [-0.4, -0.2) is 16.9 Å². The number of hydrogen-bond acceptors (Lipinski definition) is 5. The van der Waals surface area contributed by atoms with Crippen LogP contribution < -0.4 is 15.0 Å². The van der Waals surface area contributed by atoms with Crippen molar-refractivity contribution in [3.05, 3.63) is 99.0 Å². The van der Waals surface area contributed by atoms with E-state index in [1.807, 2.05) is 31.2 Å². The molecule has 1 aliphatic heterocycles. The molecular weight excluding hydrogens is 514 g/mol. The molecule has 168 valence electrons. The third kappa shape index (κ3) is 4.91. The molecule has 1 aliphatic rings. The predicted octanol–water partition coefficient (Wildman–Crippen LogP) is 5.04. The van der Waals surface area contributed by atoms with Crippen LogP contribution in [0.2, 0.25) is 0 Å². The van der Waals surface area contributed by atoms with Crippen molar-refractivity contribution in [3.63, 3.8) is 0 Å². The van der Waals surface area contributed by atoms with E-state index in [1.54, 1.807) is 42.5 Å². The Hall–Kier alpha value is -3.80. The molecule has 0 spiro atoms. The summed E-state index contributed by atoms with van der Waals surface area (Å²) in [4.78, 5) is 27.1. The maximum atomic E-state index is 13.2. The highest BCUT2D eigenvalue weighted by Crippen LogP contribution is 2.28. The van der Waals surface area contributed by atoms with Crippen molar-refractivity contribution in [1.82, 2.24) is 5.32 Å². The monoisotopic (exact) mass is 531 g/mol. The van der Waals surface area contributed by atoms with E-state index in [-0.39, 0.29) is 17.3 Å². The summed E-state index contributed by atoms with van der Waals surface area (Å²) in [6.07, 6.45) is 1.52. The van der Waals surface area contributed by atoms with Crippen LogP contribution in [-0.2, 0) is 16.2 Å². The number of anilines is 1. The van der Waals surface area contributed by atoms with Gasteiger partial charge < -0.3 is 4.74 Å². The van der Waals surface area contributed by atoms with Gasteiger partial charge in [-0.15, -0.1) is 0 Å². The first-order valence-corrected chi connectivity index (χ1v) is 11.5. The molecule has 0 bridgehead atoms. The Balaban J connectivity index is 1.54. The molecule has 0 radical (unpaired) electrons. The summed E-state index contributed by atoms with van der Waals surface area (Å²) in [6, 6.07) is 21.8. The fraction of sp³-hybridized carbons (Fsp3) is 0.0769. The third-order valence-corrected chi connectivity index (χ3v) is 6.00. The molecule has 1 fully saturated rings. The molecule has 1 saturated heterocycles. The second kappa shape index (κ2) is 10.00. The van der Waals surface area contributed by atoms with Gasteiger partial charge in [-0.2, -0.15) is 5.26 Å². The second-order valence-corrected chi connectivity index (χ2v) is 8.82. The number of hydrogen-bond donors (Lipinski definition) is 1. The molecule has 0 aromatic heterocycles. The van der Waals surface area contributed by atoms with E-state index in [4.69, 9.17) is 17.0 Å². The minimum absolute atomic E-state index is 0.0208. The van der Waals surface area contributed by atoms with Crippen molar-refractivity contribution in [2.45, 2.75) is 13.5 Å². The number of nitrogens with one attached hydrogen (secondary N) is 1. The first kappa shape index (κ1) is 23.4. The summed E-state index contributed by atoms with van der Waals surface area (Å²) >= 11 is 8.69. The molecule has 0 aliphatic carbocycles. The molecule has 1 heterocycles. The number of carbonyl (C=O) groups excluding carboxylic acids is 2. The summed E-state index contributed by atoms with van der Waals surface area (Å²) in [7, 11) is 0. The van der Waals surface area contributed by atoms with Gasteiger partial charge in [-0.05, 0) is 72.7 Å². The SMILES string of the molecule is Cc1cc(Br)ccc1N1C(=O)/C(=C/c2ccc(OCc3ccccc3C#N)cc2)C(=O)NC1=S. The van der Waals surface area contributed by atoms with Crippen LogP contribution in [0.25, 0.3) is 6.08 Å². The lowest BCUT2D eigenvalue weighted by atomic mass is 10.1. The van der Waals surface area contributed by atoms with E-state index >= 15 is 0 Å². The van der Waals surface area contributed by atoms with E-state index < -0.39 is 11.8 Å². The number of nitriles is 1. The van der Waals surface area contributed by atoms with E-state index in [9.17, 15) is 14.9 Å². The van der Waals surface area contributed by atoms with Crippen molar-refractivity contribution < 1.29 is 14.3 Å². The van der Waals surface area contributed by atoms with E-state index in [2.05, 4.69) is 27.3 Å².